The Morgan fingerprint density at radius 2 is 2.18 bits per heavy atom. The van der Waals surface area contributed by atoms with Crippen LogP contribution in [-0.2, 0) is 0 Å². The summed E-state index contributed by atoms with van der Waals surface area (Å²) >= 11 is 0. The second-order valence-corrected chi connectivity index (χ2v) is 4.18. The van der Waals surface area contributed by atoms with Crippen molar-refractivity contribution >= 4 is 0 Å². The molecule has 0 aliphatic heterocycles. The lowest BCUT2D eigenvalue weighted by atomic mass is 9.79. The number of aliphatic hydroxyl groups is 1. The monoisotopic (exact) mass is 154 g/mol. The quantitative estimate of drug-likeness (QED) is 0.575. The van der Waals surface area contributed by atoms with Gasteiger partial charge < -0.3 is 5.11 Å². The largest absolute Gasteiger partial charge is 0.390 e. The number of hydrogen-bond acceptors (Lipinski definition) is 1. The van der Waals surface area contributed by atoms with Gasteiger partial charge in [-0.25, -0.2) is 0 Å². The van der Waals surface area contributed by atoms with Gasteiger partial charge in [0, 0.05) is 0 Å². The molecule has 1 atom stereocenters. The zero-order valence-corrected chi connectivity index (χ0v) is 7.72. The molecule has 0 aromatic heterocycles. The van der Waals surface area contributed by atoms with E-state index in [9.17, 15) is 5.11 Å². The molecule has 0 heterocycles. The lowest BCUT2D eigenvalue weighted by Gasteiger charge is -2.31. The summed E-state index contributed by atoms with van der Waals surface area (Å²) in [6, 6.07) is 0. The highest BCUT2D eigenvalue weighted by atomic mass is 16.3. The van der Waals surface area contributed by atoms with Crippen molar-refractivity contribution in [3.63, 3.8) is 0 Å². The minimum absolute atomic E-state index is 0.465. The van der Waals surface area contributed by atoms with Gasteiger partial charge in [0.25, 0.3) is 0 Å². The van der Waals surface area contributed by atoms with Crippen LogP contribution in [-0.4, -0.2) is 10.7 Å². The standard InChI is InChI=1S/C10H18O/c1-8-5-4-6-9(7-8)10(2,3)11/h5,9,11H,4,6-7H2,1-3H3/t9-/m1/s1. The molecular weight excluding hydrogens is 136 g/mol. The summed E-state index contributed by atoms with van der Waals surface area (Å²) in [5.74, 6) is 0.465. The van der Waals surface area contributed by atoms with E-state index in [1.165, 1.54) is 5.57 Å². The Labute approximate surface area is 69.1 Å². The van der Waals surface area contributed by atoms with Gasteiger partial charge in [-0.15, -0.1) is 0 Å². The number of rotatable bonds is 1. The molecule has 0 saturated carbocycles. The molecular formula is C10H18O. The van der Waals surface area contributed by atoms with E-state index in [1.807, 2.05) is 13.8 Å². The molecule has 0 spiro atoms. The Morgan fingerprint density at radius 1 is 1.55 bits per heavy atom. The van der Waals surface area contributed by atoms with Gasteiger partial charge in [-0.1, -0.05) is 11.6 Å². The summed E-state index contributed by atoms with van der Waals surface area (Å²) < 4.78 is 0. The Kier molecular flexibility index (Phi) is 2.38. The minimum Gasteiger partial charge on any atom is -0.390 e. The fourth-order valence-electron chi connectivity index (χ4n) is 1.71. The van der Waals surface area contributed by atoms with Gasteiger partial charge >= 0.3 is 0 Å². The molecule has 1 rings (SSSR count). The molecule has 0 bridgehead atoms. The van der Waals surface area contributed by atoms with Gasteiger partial charge in [-0.2, -0.15) is 0 Å². The molecule has 1 heteroatoms. The van der Waals surface area contributed by atoms with Crippen molar-refractivity contribution in [2.75, 3.05) is 0 Å². The van der Waals surface area contributed by atoms with Crippen LogP contribution < -0.4 is 0 Å². The van der Waals surface area contributed by atoms with Crippen LogP contribution in [0.2, 0.25) is 0 Å². The van der Waals surface area contributed by atoms with E-state index in [2.05, 4.69) is 13.0 Å². The third kappa shape index (κ3) is 2.33. The maximum atomic E-state index is 9.73. The van der Waals surface area contributed by atoms with Gasteiger partial charge in [-0.05, 0) is 46.0 Å². The van der Waals surface area contributed by atoms with E-state index in [0.717, 1.165) is 19.3 Å². The van der Waals surface area contributed by atoms with Crippen LogP contribution in [0.3, 0.4) is 0 Å². The van der Waals surface area contributed by atoms with Crippen molar-refractivity contribution in [3.8, 4) is 0 Å². The Balaban J connectivity index is 2.58. The molecule has 0 unspecified atom stereocenters. The van der Waals surface area contributed by atoms with Crippen LogP contribution in [0.5, 0.6) is 0 Å². The average molecular weight is 154 g/mol. The molecule has 0 saturated heterocycles. The summed E-state index contributed by atoms with van der Waals surface area (Å²) in [5.41, 5.74) is 0.943. The molecule has 1 nitrogen and oxygen atoms in total. The first kappa shape index (κ1) is 8.79. The topological polar surface area (TPSA) is 20.2 Å². The number of allylic oxidation sites excluding steroid dienone is 2. The molecule has 0 fully saturated rings. The highest BCUT2D eigenvalue weighted by Crippen LogP contribution is 2.31. The van der Waals surface area contributed by atoms with Crippen molar-refractivity contribution < 1.29 is 5.11 Å². The Hall–Kier alpha value is -0.300. The maximum absolute atomic E-state index is 9.73. The molecule has 0 amide bonds. The molecule has 1 aliphatic carbocycles. The fourth-order valence-corrected chi connectivity index (χ4v) is 1.71. The van der Waals surface area contributed by atoms with Crippen molar-refractivity contribution in [1.82, 2.24) is 0 Å². The predicted octanol–water partition coefficient (Wildman–Crippen LogP) is 2.50. The first-order valence-corrected chi connectivity index (χ1v) is 4.38. The van der Waals surface area contributed by atoms with Crippen LogP contribution in [0.25, 0.3) is 0 Å². The predicted molar refractivity (Wildman–Crippen MR) is 47.4 cm³/mol. The molecule has 64 valence electrons. The average Bonchev–Trinajstić information content (AvgIpc) is 1.86. The van der Waals surface area contributed by atoms with E-state index < -0.39 is 5.60 Å². The van der Waals surface area contributed by atoms with E-state index in [4.69, 9.17) is 0 Å². The molecule has 0 radical (unpaired) electrons. The van der Waals surface area contributed by atoms with Gasteiger partial charge in [-0.3, -0.25) is 0 Å². The molecule has 11 heavy (non-hydrogen) atoms. The van der Waals surface area contributed by atoms with E-state index in [-0.39, 0.29) is 0 Å². The molecule has 1 N–H and O–H groups in total. The zero-order valence-electron chi connectivity index (χ0n) is 7.72. The second-order valence-electron chi connectivity index (χ2n) is 4.18. The summed E-state index contributed by atoms with van der Waals surface area (Å²) in [4.78, 5) is 0. The fraction of sp³-hybridized carbons (Fsp3) is 0.800. The Morgan fingerprint density at radius 3 is 2.55 bits per heavy atom. The third-order valence-electron chi connectivity index (χ3n) is 2.58. The van der Waals surface area contributed by atoms with Gasteiger partial charge in [0.15, 0.2) is 0 Å². The van der Waals surface area contributed by atoms with Crippen LogP contribution >= 0.6 is 0 Å². The number of hydrogen-bond donors (Lipinski definition) is 1. The molecule has 0 aromatic carbocycles. The molecule has 0 aromatic rings. The minimum atomic E-state index is -0.491. The lowest BCUT2D eigenvalue weighted by Crippen LogP contribution is -2.32. The van der Waals surface area contributed by atoms with Crippen molar-refractivity contribution in [2.24, 2.45) is 5.92 Å². The summed E-state index contributed by atoms with van der Waals surface area (Å²) in [6.45, 7) is 5.98. The third-order valence-corrected chi connectivity index (χ3v) is 2.58. The lowest BCUT2D eigenvalue weighted by molar-refractivity contribution is 0.0118. The first-order chi connectivity index (χ1) is 5.00. The van der Waals surface area contributed by atoms with E-state index in [0.29, 0.717) is 5.92 Å². The van der Waals surface area contributed by atoms with Crippen molar-refractivity contribution in [2.45, 2.75) is 45.6 Å². The Bertz CT molecular complexity index is 162. The highest BCUT2D eigenvalue weighted by molar-refractivity contribution is 5.05. The summed E-state index contributed by atoms with van der Waals surface area (Å²) in [5, 5.41) is 9.73. The van der Waals surface area contributed by atoms with Gasteiger partial charge in [0.1, 0.15) is 0 Å². The summed E-state index contributed by atoms with van der Waals surface area (Å²) in [6.07, 6.45) is 5.63. The van der Waals surface area contributed by atoms with Crippen LogP contribution in [0.15, 0.2) is 11.6 Å². The normalized spacial score (nSPS) is 26.5. The van der Waals surface area contributed by atoms with Crippen LogP contribution in [0, 0.1) is 5.92 Å². The van der Waals surface area contributed by atoms with Crippen molar-refractivity contribution in [1.29, 1.82) is 0 Å². The molecule has 1 aliphatic rings. The van der Waals surface area contributed by atoms with E-state index >= 15 is 0 Å². The highest BCUT2D eigenvalue weighted by Gasteiger charge is 2.27. The zero-order chi connectivity index (χ0) is 8.48. The van der Waals surface area contributed by atoms with E-state index in [1.54, 1.807) is 0 Å². The van der Waals surface area contributed by atoms with Crippen LogP contribution in [0.1, 0.15) is 40.0 Å². The van der Waals surface area contributed by atoms with Crippen LogP contribution in [0.4, 0.5) is 0 Å². The summed E-state index contributed by atoms with van der Waals surface area (Å²) in [7, 11) is 0. The van der Waals surface area contributed by atoms with Crippen molar-refractivity contribution in [3.05, 3.63) is 11.6 Å². The smallest absolute Gasteiger partial charge is 0.0622 e. The second kappa shape index (κ2) is 2.98. The SMILES string of the molecule is CC1=CCC[C@@H](C(C)(C)O)C1. The van der Waals surface area contributed by atoms with Gasteiger partial charge in [0.2, 0.25) is 0 Å². The first-order valence-electron chi connectivity index (χ1n) is 4.38. The maximum Gasteiger partial charge on any atom is 0.0622 e. The van der Waals surface area contributed by atoms with Gasteiger partial charge in [0.05, 0.1) is 5.60 Å².